The molecule has 29 heavy (non-hydrogen) atoms. The van der Waals surface area contributed by atoms with Crippen LogP contribution in [0.1, 0.15) is 55.7 Å². The van der Waals surface area contributed by atoms with Gasteiger partial charge in [0.15, 0.2) is 5.82 Å². The van der Waals surface area contributed by atoms with Crippen LogP contribution in [-0.2, 0) is 11.2 Å². The summed E-state index contributed by atoms with van der Waals surface area (Å²) in [5.41, 5.74) is 1.60. The average molecular weight is 393 g/mol. The highest BCUT2D eigenvalue weighted by Gasteiger charge is 2.31. The second-order valence-electron chi connectivity index (χ2n) is 7.66. The third-order valence-corrected chi connectivity index (χ3v) is 5.26. The summed E-state index contributed by atoms with van der Waals surface area (Å²) in [4.78, 5) is 28.4. The Morgan fingerprint density at radius 1 is 1.24 bits per heavy atom. The van der Waals surface area contributed by atoms with Crippen molar-refractivity contribution < 1.29 is 9.18 Å². The van der Waals surface area contributed by atoms with Crippen molar-refractivity contribution in [2.45, 2.75) is 45.1 Å². The molecule has 1 aliphatic heterocycles. The van der Waals surface area contributed by atoms with Gasteiger partial charge in [-0.1, -0.05) is 26.0 Å². The second kappa shape index (κ2) is 8.11. The number of rotatable bonds is 5. The number of carbonyl (C=O) groups excluding carboxylic acids is 1. The minimum atomic E-state index is -0.299. The van der Waals surface area contributed by atoms with Crippen molar-refractivity contribution in [1.29, 1.82) is 0 Å². The lowest BCUT2D eigenvalue weighted by molar-refractivity contribution is -0.131. The molecule has 3 aromatic rings. The van der Waals surface area contributed by atoms with Gasteiger partial charge in [0.25, 0.3) is 0 Å². The van der Waals surface area contributed by atoms with E-state index in [1.54, 1.807) is 30.7 Å². The van der Waals surface area contributed by atoms with Gasteiger partial charge in [-0.05, 0) is 30.5 Å². The van der Waals surface area contributed by atoms with Crippen LogP contribution >= 0.6 is 0 Å². The van der Waals surface area contributed by atoms with E-state index < -0.39 is 0 Å². The van der Waals surface area contributed by atoms with Gasteiger partial charge in [0.05, 0.1) is 30.6 Å². The van der Waals surface area contributed by atoms with Crippen molar-refractivity contribution >= 4 is 5.91 Å². The fourth-order valence-corrected chi connectivity index (χ4v) is 3.83. The van der Waals surface area contributed by atoms with Gasteiger partial charge >= 0.3 is 0 Å². The molecule has 4 rings (SSSR count). The van der Waals surface area contributed by atoms with E-state index in [1.165, 1.54) is 12.1 Å². The maximum Gasteiger partial charge on any atom is 0.227 e. The molecular weight excluding hydrogens is 369 g/mol. The van der Waals surface area contributed by atoms with Crippen molar-refractivity contribution in [3.05, 3.63) is 72.0 Å². The molecule has 1 amide bonds. The number of carbonyl (C=O) groups is 1. The molecule has 1 atom stereocenters. The molecule has 1 aromatic carbocycles. The number of hydrogen-bond acceptors (Lipinski definition) is 4. The SMILES string of the molecule is CC(C)c1nccn1-c1cncc(C2CCCN2C(=O)Cc2ccc(F)cc2)n1. The highest BCUT2D eigenvalue weighted by Crippen LogP contribution is 2.31. The number of amides is 1. The zero-order valence-corrected chi connectivity index (χ0v) is 16.6. The van der Waals surface area contributed by atoms with Gasteiger partial charge in [0.1, 0.15) is 11.6 Å². The van der Waals surface area contributed by atoms with E-state index in [0.717, 1.165) is 29.9 Å². The largest absolute Gasteiger partial charge is 0.334 e. The molecule has 150 valence electrons. The second-order valence-corrected chi connectivity index (χ2v) is 7.66. The monoisotopic (exact) mass is 393 g/mol. The summed E-state index contributed by atoms with van der Waals surface area (Å²) in [6.07, 6.45) is 9.14. The molecule has 0 N–H and O–H groups in total. The molecule has 7 heteroatoms. The standard InChI is InChI=1S/C22H24FN5O/c1-15(2)22-25-9-11-28(22)20-14-24-13-18(26-20)19-4-3-10-27(19)21(29)12-16-5-7-17(23)8-6-16/h5-9,11,13-15,19H,3-4,10,12H2,1-2H3. The van der Waals surface area contributed by atoms with Crippen LogP contribution in [0.15, 0.2) is 49.1 Å². The van der Waals surface area contributed by atoms with Gasteiger partial charge in [-0.2, -0.15) is 0 Å². The van der Waals surface area contributed by atoms with Crippen LogP contribution in [0.3, 0.4) is 0 Å². The summed E-state index contributed by atoms with van der Waals surface area (Å²) in [6.45, 7) is 4.87. The molecule has 0 radical (unpaired) electrons. The van der Waals surface area contributed by atoms with Crippen LogP contribution in [0.2, 0.25) is 0 Å². The van der Waals surface area contributed by atoms with E-state index in [2.05, 4.69) is 23.8 Å². The summed E-state index contributed by atoms with van der Waals surface area (Å²) in [6, 6.07) is 5.99. The minimum absolute atomic E-state index is 0.0248. The normalized spacial score (nSPS) is 16.6. The Hall–Kier alpha value is -3.09. The fraction of sp³-hybridized carbons (Fsp3) is 0.364. The van der Waals surface area contributed by atoms with E-state index in [9.17, 15) is 9.18 Å². The lowest BCUT2D eigenvalue weighted by atomic mass is 10.1. The van der Waals surface area contributed by atoms with E-state index in [4.69, 9.17) is 4.98 Å². The summed E-state index contributed by atoms with van der Waals surface area (Å²) < 4.78 is 15.1. The van der Waals surface area contributed by atoms with Crippen molar-refractivity contribution in [2.24, 2.45) is 0 Å². The van der Waals surface area contributed by atoms with Crippen LogP contribution in [0.25, 0.3) is 5.82 Å². The Morgan fingerprint density at radius 3 is 2.79 bits per heavy atom. The third kappa shape index (κ3) is 4.04. The summed E-state index contributed by atoms with van der Waals surface area (Å²) in [5, 5.41) is 0. The number of aromatic nitrogens is 4. The quantitative estimate of drug-likeness (QED) is 0.661. The Labute approximate surface area is 169 Å². The van der Waals surface area contributed by atoms with Gasteiger partial charge in [0.2, 0.25) is 5.91 Å². The molecule has 0 aliphatic carbocycles. The molecule has 1 fully saturated rings. The highest BCUT2D eigenvalue weighted by atomic mass is 19.1. The molecule has 3 heterocycles. The number of likely N-dealkylation sites (tertiary alicyclic amines) is 1. The van der Waals surface area contributed by atoms with Crippen molar-refractivity contribution in [3.63, 3.8) is 0 Å². The van der Waals surface area contributed by atoms with Gasteiger partial charge in [-0.15, -0.1) is 0 Å². The lowest BCUT2D eigenvalue weighted by Crippen LogP contribution is -2.32. The number of nitrogens with zero attached hydrogens (tertiary/aromatic N) is 5. The Bertz CT molecular complexity index is 998. The summed E-state index contributed by atoms with van der Waals surface area (Å²) >= 11 is 0. The highest BCUT2D eigenvalue weighted by molar-refractivity contribution is 5.79. The molecule has 1 aliphatic rings. The number of imidazole rings is 1. The molecule has 0 saturated carbocycles. The van der Waals surface area contributed by atoms with Crippen LogP contribution in [0, 0.1) is 5.82 Å². The zero-order valence-electron chi connectivity index (χ0n) is 16.6. The molecule has 2 aromatic heterocycles. The van der Waals surface area contributed by atoms with Gasteiger partial charge < -0.3 is 4.90 Å². The Kier molecular flexibility index (Phi) is 5.38. The van der Waals surface area contributed by atoms with Crippen LogP contribution in [-0.4, -0.2) is 36.9 Å². The third-order valence-electron chi connectivity index (χ3n) is 5.26. The van der Waals surface area contributed by atoms with Crippen LogP contribution in [0.4, 0.5) is 4.39 Å². The molecule has 0 bridgehead atoms. The number of halogens is 1. The summed E-state index contributed by atoms with van der Waals surface area (Å²) in [7, 11) is 0. The smallest absolute Gasteiger partial charge is 0.227 e. The maximum atomic E-state index is 13.1. The fourth-order valence-electron chi connectivity index (χ4n) is 3.83. The zero-order chi connectivity index (χ0) is 20.4. The van der Waals surface area contributed by atoms with Crippen LogP contribution < -0.4 is 0 Å². The molecule has 6 nitrogen and oxygen atoms in total. The van der Waals surface area contributed by atoms with E-state index in [-0.39, 0.29) is 30.1 Å². The van der Waals surface area contributed by atoms with E-state index in [1.807, 2.05) is 15.7 Å². The predicted octanol–water partition coefficient (Wildman–Crippen LogP) is 3.83. The lowest BCUT2D eigenvalue weighted by Gasteiger charge is -2.24. The first-order valence-corrected chi connectivity index (χ1v) is 9.92. The molecule has 1 unspecified atom stereocenters. The first-order valence-electron chi connectivity index (χ1n) is 9.92. The van der Waals surface area contributed by atoms with Gasteiger partial charge in [-0.3, -0.25) is 14.3 Å². The average Bonchev–Trinajstić information content (AvgIpc) is 3.39. The van der Waals surface area contributed by atoms with Gasteiger partial charge in [-0.25, -0.2) is 14.4 Å². The summed E-state index contributed by atoms with van der Waals surface area (Å²) in [5.74, 6) is 1.62. The van der Waals surface area contributed by atoms with Crippen molar-refractivity contribution in [1.82, 2.24) is 24.4 Å². The van der Waals surface area contributed by atoms with Crippen molar-refractivity contribution in [2.75, 3.05) is 6.54 Å². The van der Waals surface area contributed by atoms with Gasteiger partial charge in [0, 0.05) is 24.9 Å². The molecule has 1 saturated heterocycles. The molecular formula is C22H24FN5O. The van der Waals surface area contributed by atoms with Crippen LogP contribution in [0.5, 0.6) is 0 Å². The predicted molar refractivity (Wildman–Crippen MR) is 107 cm³/mol. The van der Waals surface area contributed by atoms with E-state index in [0.29, 0.717) is 12.4 Å². The topological polar surface area (TPSA) is 63.9 Å². The maximum absolute atomic E-state index is 13.1. The van der Waals surface area contributed by atoms with E-state index >= 15 is 0 Å². The molecule has 0 spiro atoms. The Balaban J connectivity index is 1.56. The number of benzene rings is 1. The Morgan fingerprint density at radius 2 is 2.03 bits per heavy atom. The minimum Gasteiger partial charge on any atom is -0.334 e. The van der Waals surface area contributed by atoms with Crippen molar-refractivity contribution in [3.8, 4) is 5.82 Å². The number of hydrogen-bond donors (Lipinski definition) is 0. The first kappa shape index (κ1) is 19.2. The first-order chi connectivity index (χ1) is 14.0.